The first kappa shape index (κ1) is 16.0. The van der Waals surface area contributed by atoms with Crippen LogP contribution in [0.25, 0.3) is 0 Å². The number of ether oxygens (including phenoxy) is 1. The minimum Gasteiger partial charge on any atom is -0.469 e. The molecule has 1 aromatic carbocycles. The van der Waals surface area contributed by atoms with E-state index in [2.05, 4.69) is 15.0 Å². The van der Waals surface area contributed by atoms with E-state index >= 15 is 0 Å². The lowest BCUT2D eigenvalue weighted by molar-refractivity contribution is -0.140. The molecule has 0 spiro atoms. The third-order valence-corrected chi connectivity index (χ3v) is 3.93. The maximum atomic E-state index is 12.2. The lowest BCUT2D eigenvalue weighted by Gasteiger charge is -2.10. The van der Waals surface area contributed by atoms with Crippen LogP contribution in [0.2, 0.25) is 0 Å². The molecule has 1 aromatic heterocycles. The van der Waals surface area contributed by atoms with Crippen LogP contribution in [-0.2, 0) is 9.53 Å². The predicted molar refractivity (Wildman–Crippen MR) is 86.0 cm³/mol. The number of rotatable bonds is 6. The van der Waals surface area contributed by atoms with E-state index in [1.807, 2.05) is 24.3 Å². The Hall–Kier alpha value is -2.34. The van der Waals surface area contributed by atoms with Crippen LogP contribution in [0, 0.1) is 0 Å². The quantitative estimate of drug-likeness (QED) is 0.655. The van der Waals surface area contributed by atoms with Gasteiger partial charge in [-0.25, -0.2) is 0 Å². The molecule has 0 aliphatic carbocycles. The van der Waals surface area contributed by atoms with Gasteiger partial charge in [0.2, 0.25) is 0 Å². The molecule has 1 N–H and O–H groups in total. The Labute approximate surface area is 133 Å². The highest BCUT2D eigenvalue weighted by atomic mass is 32.2. The van der Waals surface area contributed by atoms with E-state index in [4.69, 9.17) is 0 Å². The zero-order valence-corrected chi connectivity index (χ0v) is 12.9. The molecule has 0 aliphatic rings. The van der Waals surface area contributed by atoms with Crippen molar-refractivity contribution in [3.63, 3.8) is 0 Å². The van der Waals surface area contributed by atoms with E-state index in [0.717, 1.165) is 4.90 Å². The lowest BCUT2D eigenvalue weighted by atomic mass is 10.2. The van der Waals surface area contributed by atoms with Gasteiger partial charge in [-0.15, -0.1) is 11.8 Å². The molecule has 0 saturated carbocycles. The molecule has 114 valence electrons. The summed E-state index contributed by atoms with van der Waals surface area (Å²) < 4.78 is 4.61. The Kier molecular flexibility index (Phi) is 5.97. The standard InChI is InChI=1S/C16H16N2O3S/c1-21-15(19)8-10-22-14-7-9-17-11-13(14)18-16(20)12-5-3-2-4-6-12/h2-7,9,11H,8,10H2,1H3,(H,18,20). The number of methoxy groups -OCH3 is 1. The molecule has 2 rings (SSSR count). The summed E-state index contributed by atoms with van der Waals surface area (Å²) in [6.07, 6.45) is 3.57. The van der Waals surface area contributed by atoms with Crippen molar-refractivity contribution in [1.29, 1.82) is 0 Å². The minimum absolute atomic E-state index is 0.191. The van der Waals surface area contributed by atoms with Crippen molar-refractivity contribution in [2.45, 2.75) is 11.3 Å². The van der Waals surface area contributed by atoms with Gasteiger partial charge in [-0.2, -0.15) is 0 Å². The smallest absolute Gasteiger partial charge is 0.306 e. The van der Waals surface area contributed by atoms with Crippen LogP contribution in [0.3, 0.4) is 0 Å². The first-order valence-electron chi connectivity index (χ1n) is 6.70. The number of hydrogen-bond donors (Lipinski definition) is 1. The van der Waals surface area contributed by atoms with Crippen LogP contribution < -0.4 is 5.32 Å². The number of aromatic nitrogens is 1. The summed E-state index contributed by atoms with van der Waals surface area (Å²) in [5.74, 6) is 0.130. The maximum absolute atomic E-state index is 12.2. The van der Waals surface area contributed by atoms with Crippen LogP contribution in [0.1, 0.15) is 16.8 Å². The van der Waals surface area contributed by atoms with Gasteiger partial charge in [0.05, 0.1) is 25.4 Å². The van der Waals surface area contributed by atoms with E-state index < -0.39 is 0 Å². The number of carbonyl (C=O) groups excluding carboxylic acids is 2. The number of nitrogens with one attached hydrogen (secondary N) is 1. The van der Waals surface area contributed by atoms with Gasteiger partial charge in [0.15, 0.2) is 0 Å². The largest absolute Gasteiger partial charge is 0.469 e. The predicted octanol–water partition coefficient (Wildman–Crippen LogP) is 2.99. The third-order valence-electron chi connectivity index (χ3n) is 2.86. The molecule has 0 unspecified atom stereocenters. The second-order valence-electron chi connectivity index (χ2n) is 4.37. The molecule has 0 radical (unpaired) electrons. The van der Waals surface area contributed by atoms with Gasteiger partial charge in [0.25, 0.3) is 5.91 Å². The summed E-state index contributed by atoms with van der Waals surface area (Å²) in [7, 11) is 1.37. The van der Waals surface area contributed by atoms with Crippen molar-refractivity contribution in [2.75, 3.05) is 18.2 Å². The molecular weight excluding hydrogens is 300 g/mol. The minimum atomic E-state index is -0.253. The molecule has 6 heteroatoms. The summed E-state index contributed by atoms with van der Waals surface area (Å²) in [6, 6.07) is 10.8. The molecule has 2 aromatic rings. The van der Waals surface area contributed by atoms with Crippen molar-refractivity contribution in [1.82, 2.24) is 4.98 Å². The van der Waals surface area contributed by atoms with Gasteiger partial charge in [0, 0.05) is 22.4 Å². The van der Waals surface area contributed by atoms with Crippen LogP contribution in [-0.4, -0.2) is 29.7 Å². The molecule has 1 amide bonds. The number of nitrogens with zero attached hydrogens (tertiary/aromatic N) is 1. The Bertz CT molecular complexity index is 647. The van der Waals surface area contributed by atoms with E-state index in [9.17, 15) is 9.59 Å². The second-order valence-corrected chi connectivity index (χ2v) is 5.50. The SMILES string of the molecule is COC(=O)CCSc1ccncc1NC(=O)c1ccccc1. The lowest BCUT2D eigenvalue weighted by Crippen LogP contribution is -2.12. The molecule has 22 heavy (non-hydrogen) atoms. The first-order valence-corrected chi connectivity index (χ1v) is 7.69. The van der Waals surface area contributed by atoms with E-state index in [1.165, 1.54) is 18.9 Å². The van der Waals surface area contributed by atoms with E-state index in [0.29, 0.717) is 23.4 Å². The molecule has 5 nitrogen and oxygen atoms in total. The topological polar surface area (TPSA) is 68.3 Å². The average Bonchev–Trinajstić information content (AvgIpc) is 2.57. The Morgan fingerprint density at radius 2 is 2.00 bits per heavy atom. The maximum Gasteiger partial charge on any atom is 0.306 e. The van der Waals surface area contributed by atoms with Gasteiger partial charge < -0.3 is 10.1 Å². The van der Waals surface area contributed by atoms with Gasteiger partial charge in [-0.1, -0.05) is 18.2 Å². The van der Waals surface area contributed by atoms with Crippen molar-refractivity contribution in [3.8, 4) is 0 Å². The molecule has 0 atom stereocenters. The fraction of sp³-hybridized carbons (Fsp3) is 0.188. The van der Waals surface area contributed by atoms with E-state index in [1.54, 1.807) is 24.5 Å². The van der Waals surface area contributed by atoms with Crippen LogP contribution in [0.5, 0.6) is 0 Å². The Morgan fingerprint density at radius 1 is 1.23 bits per heavy atom. The van der Waals surface area contributed by atoms with Crippen LogP contribution in [0.15, 0.2) is 53.7 Å². The average molecular weight is 316 g/mol. The molecule has 0 bridgehead atoms. The summed E-state index contributed by atoms with van der Waals surface area (Å²) in [6.45, 7) is 0. The Balaban J connectivity index is 2.02. The van der Waals surface area contributed by atoms with Gasteiger partial charge in [0.1, 0.15) is 0 Å². The van der Waals surface area contributed by atoms with Gasteiger partial charge in [-0.05, 0) is 18.2 Å². The van der Waals surface area contributed by atoms with Gasteiger partial charge in [-0.3, -0.25) is 14.6 Å². The van der Waals surface area contributed by atoms with Crippen molar-refractivity contribution < 1.29 is 14.3 Å². The summed E-state index contributed by atoms with van der Waals surface area (Å²) in [5.41, 5.74) is 1.21. The Morgan fingerprint density at radius 3 is 2.73 bits per heavy atom. The number of benzene rings is 1. The fourth-order valence-electron chi connectivity index (χ4n) is 1.73. The normalized spacial score (nSPS) is 10.0. The number of pyridine rings is 1. The van der Waals surface area contributed by atoms with Crippen LogP contribution >= 0.6 is 11.8 Å². The van der Waals surface area contributed by atoms with Crippen LogP contribution in [0.4, 0.5) is 5.69 Å². The highest BCUT2D eigenvalue weighted by Gasteiger charge is 2.10. The number of carbonyl (C=O) groups is 2. The summed E-state index contributed by atoms with van der Waals surface area (Å²) in [5, 5.41) is 2.84. The highest BCUT2D eigenvalue weighted by Crippen LogP contribution is 2.27. The van der Waals surface area contributed by atoms with Crippen molar-refractivity contribution in [3.05, 3.63) is 54.4 Å². The highest BCUT2D eigenvalue weighted by molar-refractivity contribution is 7.99. The summed E-state index contributed by atoms with van der Waals surface area (Å²) in [4.78, 5) is 28.2. The second kappa shape index (κ2) is 8.19. The number of anilines is 1. The van der Waals surface area contributed by atoms with E-state index in [-0.39, 0.29) is 11.9 Å². The fourth-order valence-corrected chi connectivity index (χ4v) is 2.64. The molecule has 1 heterocycles. The first-order chi connectivity index (χ1) is 10.7. The molecular formula is C16H16N2O3S. The molecule has 0 fully saturated rings. The number of thioether (sulfide) groups is 1. The molecule has 0 aliphatic heterocycles. The number of hydrogen-bond acceptors (Lipinski definition) is 5. The number of amides is 1. The van der Waals surface area contributed by atoms with Gasteiger partial charge >= 0.3 is 5.97 Å². The molecule has 0 saturated heterocycles. The zero-order valence-electron chi connectivity index (χ0n) is 12.1. The van der Waals surface area contributed by atoms with Crippen molar-refractivity contribution >= 4 is 29.3 Å². The summed E-state index contributed by atoms with van der Waals surface area (Å²) >= 11 is 1.47. The zero-order chi connectivity index (χ0) is 15.8. The van der Waals surface area contributed by atoms with Crippen molar-refractivity contribution in [2.24, 2.45) is 0 Å². The monoisotopic (exact) mass is 316 g/mol. The third kappa shape index (κ3) is 4.60. The number of esters is 1.